The first-order valence-corrected chi connectivity index (χ1v) is 9.40. The van der Waals surface area contributed by atoms with Crippen molar-refractivity contribution in [2.45, 2.75) is 6.18 Å². The number of ether oxygens (including phenoxy) is 1. The summed E-state index contributed by atoms with van der Waals surface area (Å²) in [5.41, 5.74) is -2.46. The molecule has 0 spiro atoms. The van der Waals surface area contributed by atoms with Crippen molar-refractivity contribution in [3.63, 3.8) is 0 Å². The molecule has 0 aliphatic heterocycles. The molecule has 0 aliphatic carbocycles. The number of hydrogen-bond acceptors (Lipinski definition) is 6. The quantitative estimate of drug-likeness (QED) is 0.561. The number of carbonyl (C=O) groups excluding carboxylic acids is 1. The molecule has 1 amide bonds. The van der Waals surface area contributed by atoms with E-state index in [0.29, 0.717) is 12.3 Å². The van der Waals surface area contributed by atoms with Crippen LogP contribution in [0.15, 0.2) is 36.4 Å². The number of nitro benzene ring substituents is 1. The molecule has 0 aromatic heterocycles. The fourth-order valence-corrected chi connectivity index (χ4v) is 2.63. The first-order valence-electron chi connectivity index (χ1n) is 7.13. The molecule has 0 radical (unpaired) electrons. The standard InChI is InChI=1S/C15H10ClF3N2O6S/c1-28(25,26)20-14(22)10-7-9(3-5-12(10)21(23)24)27-13-6-8(15(17,18)19)2-4-11(13)16/h2-7H,1H3,(H,20,22). The highest BCUT2D eigenvalue weighted by molar-refractivity contribution is 7.89. The Bertz CT molecular complexity index is 1060. The lowest BCUT2D eigenvalue weighted by atomic mass is 10.1. The summed E-state index contributed by atoms with van der Waals surface area (Å²) in [7, 11) is -4.02. The van der Waals surface area contributed by atoms with Crippen LogP contribution in [0.3, 0.4) is 0 Å². The van der Waals surface area contributed by atoms with E-state index in [-0.39, 0.29) is 10.8 Å². The molecular formula is C15H10ClF3N2O6S. The smallest absolute Gasteiger partial charge is 0.416 e. The molecule has 0 unspecified atom stereocenters. The Kier molecular flexibility index (Phi) is 5.85. The predicted octanol–water partition coefficient (Wildman–Crippen LogP) is 3.75. The molecule has 2 rings (SSSR count). The second-order valence-electron chi connectivity index (χ2n) is 5.38. The molecule has 0 saturated carbocycles. The van der Waals surface area contributed by atoms with Crippen LogP contribution in [0.4, 0.5) is 18.9 Å². The van der Waals surface area contributed by atoms with Gasteiger partial charge in [-0.3, -0.25) is 14.9 Å². The number of nitrogens with zero attached hydrogens (tertiary/aromatic N) is 1. The minimum atomic E-state index is -4.67. The topological polar surface area (TPSA) is 116 Å². The number of benzene rings is 2. The van der Waals surface area contributed by atoms with E-state index in [9.17, 15) is 36.5 Å². The maximum atomic E-state index is 12.8. The molecule has 150 valence electrons. The Labute approximate surface area is 161 Å². The van der Waals surface area contributed by atoms with Crippen LogP contribution >= 0.6 is 11.6 Å². The van der Waals surface area contributed by atoms with Crippen LogP contribution in [0, 0.1) is 10.1 Å². The molecule has 0 aliphatic rings. The lowest BCUT2D eigenvalue weighted by Crippen LogP contribution is -2.29. The van der Waals surface area contributed by atoms with Gasteiger partial charge >= 0.3 is 6.18 Å². The molecule has 28 heavy (non-hydrogen) atoms. The highest BCUT2D eigenvalue weighted by Crippen LogP contribution is 2.37. The van der Waals surface area contributed by atoms with Gasteiger partial charge in [-0.15, -0.1) is 0 Å². The molecule has 0 bridgehead atoms. The van der Waals surface area contributed by atoms with E-state index in [1.807, 2.05) is 0 Å². The van der Waals surface area contributed by atoms with Gasteiger partial charge in [0.05, 0.1) is 21.8 Å². The van der Waals surface area contributed by atoms with Crippen molar-refractivity contribution in [1.82, 2.24) is 4.72 Å². The van der Waals surface area contributed by atoms with E-state index in [4.69, 9.17) is 16.3 Å². The zero-order valence-corrected chi connectivity index (χ0v) is 15.4. The third-order valence-electron chi connectivity index (χ3n) is 3.17. The van der Waals surface area contributed by atoms with Gasteiger partial charge in [-0.2, -0.15) is 13.2 Å². The Hall–Kier alpha value is -2.86. The third-order valence-corrected chi connectivity index (χ3v) is 4.04. The van der Waals surface area contributed by atoms with E-state index in [0.717, 1.165) is 30.3 Å². The van der Waals surface area contributed by atoms with Gasteiger partial charge in [0.1, 0.15) is 17.1 Å². The van der Waals surface area contributed by atoms with Crippen LogP contribution < -0.4 is 9.46 Å². The average Bonchev–Trinajstić information content (AvgIpc) is 2.54. The van der Waals surface area contributed by atoms with Gasteiger partial charge in [0.2, 0.25) is 10.0 Å². The van der Waals surface area contributed by atoms with Crippen molar-refractivity contribution in [3.05, 3.63) is 62.7 Å². The number of alkyl halides is 3. The van der Waals surface area contributed by atoms with E-state index < -0.39 is 49.6 Å². The summed E-state index contributed by atoms with van der Waals surface area (Å²) in [4.78, 5) is 22.1. The van der Waals surface area contributed by atoms with Crippen molar-refractivity contribution in [1.29, 1.82) is 0 Å². The van der Waals surface area contributed by atoms with Crippen molar-refractivity contribution >= 4 is 33.2 Å². The Morgan fingerprint density at radius 2 is 1.86 bits per heavy atom. The SMILES string of the molecule is CS(=O)(=O)NC(=O)c1cc(Oc2cc(C(F)(F)F)ccc2Cl)ccc1[N+](=O)[O-]. The molecule has 1 N–H and O–H groups in total. The van der Waals surface area contributed by atoms with Crippen LogP contribution in [0.1, 0.15) is 15.9 Å². The van der Waals surface area contributed by atoms with Crippen LogP contribution in [-0.2, 0) is 16.2 Å². The zero-order valence-electron chi connectivity index (χ0n) is 13.8. The van der Waals surface area contributed by atoms with Crippen molar-refractivity contribution in [3.8, 4) is 11.5 Å². The van der Waals surface area contributed by atoms with Crippen LogP contribution in [-0.4, -0.2) is 25.5 Å². The van der Waals surface area contributed by atoms with E-state index in [1.165, 1.54) is 0 Å². The fraction of sp³-hybridized carbons (Fsp3) is 0.133. The predicted molar refractivity (Wildman–Crippen MR) is 91.9 cm³/mol. The van der Waals surface area contributed by atoms with Crippen molar-refractivity contribution in [2.24, 2.45) is 0 Å². The largest absolute Gasteiger partial charge is 0.456 e. The van der Waals surface area contributed by atoms with Crippen LogP contribution in [0.5, 0.6) is 11.5 Å². The maximum Gasteiger partial charge on any atom is 0.416 e. The number of sulfonamides is 1. The second-order valence-corrected chi connectivity index (χ2v) is 7.54. The summed E-state index contributed by atoms with van der Waals surface area (Å²) in [6, 6.07) is 4.97. The fourth-order valence-electron chi connectivity index (χ4n) is 2.03. The lowest BCUT2D eigenvalue weighted by molar-refractivity contribution is -0.385. The van der Waals surface area contributed by atoms with E-state index in [1.54, 1.807) is 4.72 Å². The highest BCUT2D eigenvalue weighted by atomic mass is 35.5. The lowest BCUT2D eigenvalue weighted by Gasteiger charge is -2.12. The number of nitrogens with one attached hydrogen (secondary N) is 1. The van der Waals surface area contributed by atoms with Crippen molar-refractivity contribution < 1.29 is 36.0 Å². The third kappa shape index (κ3) is 5.33. The normalized spacial score (nSPS) is 11.8. The number of amides is 1. The summed E-state index contributed by atoms with van der Waals surface area (Å²) in [5, 5.41) is 10.9. The second kappa shape index (κ2) is 7.64. The summed E-state index contributed by atoms with van der Waals surface area (Å²) >= 11 is 5.81. The van der Waals surface area contributed by atoms with Gasteiger partial charge in [-0.05, 0) is 24.3 Å². The van der Waals surface area contributed by atoms with Gasteiger partial charge in [-0.1, -0.05) is 11.6 Å². The van der Waals surface area contributed by atoms with Crippen LogP contribution in [0.2, 0.25) is 5.02 Å². The summed E-state index contributed by atoms with van der Waals surface area (Å²) < 4.78 is 67.6. The van der Waals surface area contributed by atoms with Gasteiger partial charge in [0, 0.05) is 12.1 Å². The van der Waals surface area contributed by atoms with Gasteiger partial charge in [0.25, 0.3) is 11.6 Å². The Morgan fingerprint density at radius 1 is 1.21 bits per heavy atom. The first-order chi connectivity index (χ1) is 12.8. The Morgan fingerprint density at radius 3 is 2.39 bits per heavy atom. The maximum absolute atomic E-state index is 12.8. The number of rotatable bonds is 5. The van der Waals surface area contributed by atoms with E-state index >= 15 is 0 Å². The minimum absolute atomic E-state index is 0.187. The molecular weight excluding hydrogens is 429 g/mol. The molecule has 8 nitrogen and oxygen atoms in total. The summed E-state index contributed by atoms with van der Waals surface area (Å²) in [6.07, 6.45) is -4.00. The average molecular weight is 439 g/mol. The van der Waals surface area contributed by atoms with Crippen molar-refractivity contribution in [2.75, 3.05) is 6.26 Å². The van der Waals surface area contributed by atoms with E-state index in [2.05, 4.69) is 0 Å². The molecule has 0 heterocycles. The molecule has 2 aromatic carbocycles. The van der Waals surface area contributed by atoms with Crippen LogP contribution in [0.25, 0.3) is 0 Å². The minimum Gasteiger partial charge on any atom is -0.456 e. The summed E-state index contributed by atoms with van der Waals surface area (Å²) in [5.74, 6) is -2.00. The Balaban J connectivity index is 2.47. The first kappa shape index (κ1) is 21.4. The van der Waals surface area contributed by atoms with Gasteiger partial charge in [0.15, 0.2) is 0 Å². The highest BCUT2D eigenvalue weighted by Gasteiger charge is 2.31. The molecule has 2 aromatic rings. The number of nitro groups is 1. The van der Waals surface area contributed by atoms with Gasteiger partial charge < -0.3 is 4.74 Å². The number of halogens is 4. The number of hydrogen-bond donors (Lipinski definition) is 1. The number of carbonyl (C=O) groups is 1. The molecule has 0 fully saturated rings. The molecule has 0 atom stereocenters. The van der Waals surface area contributed by atoms with Gasteiger partial charge in [-0.25, -0.2) is 13.1 Å². The zero-order chi connectivity index (χ0) is 21.3. The molecule has 13 heteroatoms. The molecule has 0 saturated heterocycles. The summed E-state index contributed by atoms with van der Waals surface area (Å²) in [6.45, 7) is 0. The monoisotopic (exact) mass is 438 g/mol.